The van der Waals surface area contributed by atoms with E-state index in [0.29, 0.717) is 6.42 Å². The number of anilines is 1. The van der Waals surface area contributed by atoms with Crippen molar-refractivity contribution in [2.75, 3.05) is 19.0 Å². The van der Waals surface area contributed by atoms with Crippen LogP contribution >= 0.6 is 11.3 Å². The molecule has 1 aromatic heterocycles. The largest absolute Gasteiger partial charge is 0.496 e. The molecule has 0 saturated carbocycles. The van der Waals surface area contributed by atoms with Crippen LogP contribution in [0, 0.1) is 0 Å². The number of carbonyl (C=O) groups excluding carboxylic acids is 1. The first-order valence-corrected chi connectivity index (χ1v) is 7.87. The van der Waals surface area contributed by atoms with Crippen molar-refractivity contribution in [3.63, 3.8) is 0 Å². The zero-order valence-corrected chi connectivity index (χ0v) is 12.9. The van der Waals surface area contributed by atoms with Gasteiger partial charge in [0.1, 0.15) is 5.75 Å². The monoisotopic (exact) mass is 302 g/mol. The van der Waals surface area contributed by atoms with Gasteiger partial charge >= 0.3 is 0 Å². The van der Waals surface area contributed by atoms with E-state index >= 15 is 0 Å². The summed E-state index contributed by atoms with van der Waals surface area (Å²) >= 11 is 1.68. The Kier molecular flexibility index (Phi) is 3.94. The Balaban J connectivity index is 1.94. The van der Waals surface area contributed by atoms with Crippen LogP contribution < -0.4 is 15.4 Å². The molecule has 0 fully saturated rings. The summed E-state index contributed by atoms with van der Waals surface area (Å²) in [5, 5.41) is 8.39. The number of hydrogen-bond acceptors (Lipinski definition) is 4. The summed E-state index contributed by atoms with van der Waals surface area (Å²) in [5.74, 6) is 0.954. The summed E-state index contributed by atoms with van der Waals surface area (Å²) in [6.45, 7) is 2.97. The third-order valence-corrected chi connectivity index (χ3v) is 4.59. The Hall–Kier alpha value is -1.85. The molecular weight excluding hydrogens is 284 g/mol. The number of nitrogens with one attached hydrogen (secondary N) is 2. The zero-order chi connectivity index (χ0) is 14.8. The molecule has 3 rings (SSSR count). The topological polar surface area (TPSA) is 50.4 Å². The Bertz CT molecular complexity index is 666. The molecule has 1 amide bonds. The molecule has 0 aliphatic carbocycles. The van der Waals surface area contributed by atoms with Gasteiger partial charge in [-0.2, -0.15) is 0 Å². The van der Waals surface area contributed by atoms with E-state index in [1.54, 1.807) is 18.4 Å². The summed E-state index contributed by atoms with van der Waals surface area (Å²) in [4.78, 5) is 12.7. The molecule has 21 heavy (non-hydrogen) atoms. The van der Waals surface area contributed by atoms with Crippen LogP contribution in [0.5, 0.6) is 5.75 Å². The number of methoxy groups -OCH3 is 1. The molecule has 1 aliphatic heterocycles. The molecule has 0 saturated heterocycles. The maximum absolute atomic E-state index is 11.5. The third kappa shape index (κ3) is 2.80. The molecule has 2 aromatic rings. The molecule has 4 nitrogen and oxygen atoms in total. The number of carbonyl (C=O) groups is 1. The van der Waals surface area contributed by atoms with Crippen LogP contribution in [0.2, 0.25) is 0 Å². The fourth-order valence-electron chi connectivity index (χ4n) is 2.61. The normalized spacial score (nSPS) is 14.7. The van der Waals surface area contributed by atoms with Crippen molar-refractivity contribution in [1.82, 2.24) is 5.32 Å². The summed E-state index contributed by atoms with van der Waals surface area (Å²) in [6, 6.07) is 8.38. The smallest absolute Gasteiger partial charge is 0.228 e. The second-order valence-electron chi connectivity index (χ2n) is 5.02. The Morgan fingerprint density at radius 1 is 1.43 bits per heavy atom. The second-order valence-corrected chi connectivity index (χ2v) is 5.96. The molecule has 0 spiro atoms. The van der Waals surface area contributed by atoms with Gasteiger partial charge in [0.15, 0.2) is 0 Å². The predicted molar refractivity (Wildman–Crippen MR) is 85.2 cm³/mol. The summed E-state index contributed by atoms with van der Waals surface area (Å²) in [5.41, 5.74) is 3.18. The Morgan fingerprint density at radius 3 is 3.00 bits per heavy atom. The molecule has 2 heterocycles. The van der Waals surface area contributed by atoms with E-state index < -0.39 is 0 Å². The Morgan fingerprint density at radius 2 is 2.29 bits per heavy atom. The van der Waals surface area contributed by atoms with E-state index in [1.165, 1.54) is 10.4 Å². The van der Waals surface area contributed by atoms with Crippen molar-refractivity contribution in [1.29, 1.82) is 0 Å². The van der Waals surface area contributed by atoms with Crippen LogP contribution in [0.3, 0.4) is 0 Å². The lowest BCUT2D eigenvalue weighted by Gasteiger charge is -2.17. The fraction of sp³-hybridized carbons (Fsp3) is 0.312. The van der Waals surface area contributed by atoms with E-state index in [9.17, 15) is 4.79 Å². The molecular formula is C16H18N2O2S. The van der Waals surface area contributed by atoms with Crippen molar-refractivity contribution in [2.24, 2.45) is 0 Å². The van der Waals surface area contributed by atoms with Gasteiger partial charge in [-0.25, -0.2) is 0 Å². The number of amides is 1. The highest BCUT2D eigenvalue weighted by Crippen LogP contribution is 2.33. The average molecular weight is 302 g/mol. The molecule has 0 bridgehead atoms. The molecule has 110 valence electrons. The summed E-state index contributed by atoms with van der Waals surface area (Å²) in [7, 11) is 1.68. The van der Waals surface area contributed by atoms with Crippen molar-refractivity contribution in [2.45, 2.75) is 19.4 Å². The van der Waals surface area contributed by atoms with E-state index in [2.05, 4.69) is 35.8 Å². The highest BCUT2D eigenvalue weighted by atomic mass is 32.1. The SMILES string of the molecule is CCNC(c1ccc2c(c1)CC(=O)N2)c1cc(OC)cs1. The molecule has 1 atom stereocenters. The van der Waals surface area contributed by atoms with Crippen molar-refractivity contribution in [3.05, 3.63) is 45.6 Å². The lowest BCUT2D eigenvalue weighted by molar-refractivity contribution is -0.115. The lowest BCUT2D eigenvalue weighted by Crippen LogP contribution is -2.21. The van der Waals surface area contributed by atoms with E-state index in [0.717, 1.165) is 23.5 Å². The maximum Gasteiger partial charge on any atom is 0.228 e. The van der Waals surface area contributed by atoms with Gasteiger partial charge in [-0.15, -0.1) is 11.3 Å². The van der Waals surface area contributed by atoms with Crippen LogP contribution in [0.4, 0.5) is 5.69 Å². The Labute approximate surface area is 128 Å². The number of rotatable bonds is 5. The average Bonchev–Trinajstić information content (AvgIpc) is 3.09. The minimum atomic E-state index is 0.0694. The van der Waals surface area contributed by atoms with Crippen LogP contribution in [-0.2, 0) is 11.2 Å². The van der Waals surface area contributed by atoms with Crippen LogP contribution in [0.1, 0.15) is 29.0 Å². The number of thiophene rings is 1. The number of fused-ring (bicyclic) bond motifs is 1. The van der Waals surface area contributed by atoms with Gasteiger partial charge in [0.05, 0.1) is 19.6 Å². The van der Waals surface area contributed by atoms with Crippen molar-refractivity contribution >= 4 is 22.9 Å². The third-order valence-electron chi connectivity index (χ3n) is 3.61. The first kappa shape index (κ1) is 14.1. The molecule has 1 aliphatic rings. The summed E-state index contributed by atoms with van der Waals surface area (Å²) in [6.07, 6.45) is 0.468. The van der Waals surface area contributed by atoms with Gasteiger partial charge in [-0.3, -0.25) is 4.79 Å². The van der Waals surface area contributed by atoms with Gasteiger partial charge in [-0.1, -0.05) is 19.1 Å². The van der Waals surface area contributed by atoms with Crippen molar-refractivity contribution in [3.8, 4) is 5.75 Å². The number of ether oxygens (including phenoxy) is 1. The lowest BCUT2D eigenvalue weighted by atomic mass is 10.0. The standard InChI is InChI=1S/C16H18N2O2S/c1-3-17-16(14-8-12(20-2)9-21-14)10-4-5-13-11(6-10)7-15(19)18-13/h4-6,8-9,16-17H,3,7H2,1-2H3,(H,18,19). The van der Waals surface area contributed by atoms with E-state index in [1.807, 2.05) is 11.4 Å². The van der Waals surface area contributed by atoms with Crippen LogP contribution in [0.25, 0.3) is 0 Å². The van der Waals surface area contributed by atoms with Gasteiger partial charge in [-0.05, 0) is 29.8 Å². The van der Waals surface area contributed by atoms with E-state index in [4.69, 9.17) is 4.74 Å². The minimum absolute atomic E-state index is 0.0694. The molecule has 0 radical (unpaired) electrons. The van der Waals surface area contributed by atoms with E-state index in [-0.39, 0.29) is 11.9 Å². The highest BCUT2D eigenvalue weighted by molar-refractivity contribution is 7.10. The van der Waals surface area contributed by atoms with Crippen LogP contribution in [-0.4, -0.2) is 19.6 Å². The molecule has 1 aromatic carbocycles. The summed E-state index contributed by atoms with van der Waals surface area (Å²) < 4.78 is 5.28. The van der Waals surface area contributed by atoms with Crippen LogP contribution in [0.15, 0.2) is 29.6 Å². The predicted octanol–water partition coefficient (Wildman–Crippen LogP) is 2.95. The van der Waals surface area contributed by atoms with Gasteiger partial charge < -0.3 is 15.4 Å². The first-order chi connectivity index (χ1) is 10.2. The zero-order valence-electron chi connectivity index (χ0n) is 12.1. The fourth-order valence-corrected chi connectivity index (χ4v) is 3.56. The quantitative estimate of drug-likeness (QED) is 0.893. The highest BCUT2D eigenvalue weighted by Gasteiger charge is 2.21. The molecule has 2 N–H and O–H groups in total. The van der Waals surface area contributed by atoms with Gasteiger partial charge in [0.2, 0.25) is 5.91 Å². The first-order valence-electron chi connectivity index (χ1n) is 6.99. The van der Waals surface area contributed by atoms with Crippen molar-refractivity contribution < 1.29 is 9.53 Å². The number of hydrogen-bond donors (Lipinski definition) is 2. The number of benzene rings is 1. The minimum Gasteiger partial charge on any atom is -0.496 e. The molecule has 1 unspecified atom stereocenters. The second kappa shape index (κ2) is 5.87. The van der Waals surface area contributed by atoms with Gasteiger partial charge in [0.25, 0.3) is 0 Å². The maximum atomic E-state index is 11.5. The molecule has 5 heteroatoms. The van der Waals surface area contributed by atoms with Gasteiger partial charge in [0, 0.05) is 15.9 Å².